The maximum atomic E-state index is 12.7. The quantitative estimate of drug-likeness (QED) is 0.827. The van der Waals surface area contributed by atoms with E-state index in [0.717, 1.165) is 16.8 Å². The van der Waals surface area contributed by atoms with Crippen molar-refractivity contribution in [2.24, 2.45) is 0 Å². The highest BCUT2D eigenvalue weighted by Crippen LogP contribution is 2.44. The molecule has 1 aliphatic heterocycles. The molecule has 2 heterocycles. The van der Waals surface area contributed by atoms with Crippen molar-refractivity contribution in [2.45, 2.75) is 39.7 Å². The first-order valence-electron chi connectivity index (χ1n) is 8.74. The molecule has 6 nitrogen and oxygen atoms in total. The zero-order valence-corrected chi connectivity index (χ0v) is 15.4. The second-order valence-electron chi connectivity index (χ2n) is 6.34. The number of esters is 1. The summed E-state index contributed by atoms with van der Waals surface area (Å²) < 4.78 is 11.2. The molecule has 0 saturated heterocycles. The number of fused-ring (bicyclic) bond motifs is 1. The van der Waals surface area contributed by atoms with Gasteiger partial charge in [0.15, 0.2) is 0 Å². The van der Waals surface area contributed by atoms with Gasteiger partial charge >= 0.3 is 5.97 Å². The maximum absolute atomic E-state index is 12.7. The van der Waals surface area contributed by atoms with Gasteiger partial charge in [-0.2, -0.15) is 0 Å². The van der Waals surface area contributed by atoms with Gasteiger partial charge in [0.2, 0.25) is 5.88 Å². The highest BCUT2D eigenvalue weighted by Gasteiger charge is 2.36. The van der Waals surface area contributed by atoms with Gasteiger partial charge in [0.05, 0.1) is 29.8 Å². The van der Waals surface area contributed by atoms with Crippen molar-refractivity contribution < 1.29 is 14.3 Å². The van der Waals surface area contributed by atoms with Crippen molar-refractivity contribution in [3.05, 3.63) is 59.1 Å². The Bertz CT molecular complexity index is 831. The fourth-order valence-corrected chi connectivity index (χ4v) is 3.12. The molecule has 1 aliphatic rings. The Labute approximate surface area is 153 Å². The summed E-state index contributed by atoms with van der Waals surface area (Å²) in [5, 5.41) is 3.21. The third-order valence-electron chi connectivity index (χ3n) is 4.11. The second-order valence-corrected chi connectivity index (χ2v) is 6.34. The number of carbonyl (C=O) groups is 1. The van der Waals surface area contributed by atoms with Crippen LogP contribution in [0.25, 0.3) is 0 Å². The van der Waals surface area contributed by atoms with Crippen molar-refractivity contribution in [1.29, 1.82) is 0 Å². The third-order valence-corrected chi connectivity index (χ3v) is 4.11. The molecule has 0 radical (unpaired) electrons. The van der Waals surface area contributed by atoms with Gasteiger partial charge in [-0.25, -0.2) is 14.8 Å². The number of rotatable bonds is 5. The summed E-state index contributed by atoms with van der Waals surface area (Å²) in [5.41, 5.74) is 2.98. The third kappa shape index (κ3) is 3.40. The SMILES string of the molecule is CCOC(=O)C1=C(C)Nc2ncnc(OC(C)C)c2C1c1ccccc1. The number of ether oxygens (including phenoxy) is 2. The molecule has 26 heavy (non-hydrogen) atoms. The van der Waals surface area contributed by atoms with E-state index in [1.807, 2.05) is 51.1 Å². The van der Waals surface area contributed by atoms with E-state index in [0.29, 0.717) is 23.9 Å². The molecule has 136 valence electrons. The van der Waals surface area contributed by atoms with E-state index in [-0.39, 0.29) is 18.0 Å². The molecule has 0 saturated carbocycles. The van der Waals surface area contributed by atoms with Crippen LogP contribution in [0.5, 0.6) is 5.88 Å². The number of carbonyl (C=O) groups excluding carboxylic acids is 1. The molecule has 1 aromatic heterocycles. The highest BCUT2D eigenvalue weighted by molar-refractivity contribution is 5.94. The lowest BCUT2D eigenvalue weighted by atomic mass is 9.82. The van der Waals surface area contributed by atoms with Crippen LogP contribution in [0.4, 0.5) is 5.82 Å². The minimum atomic E-state index is -0.360. The van der Waals surface area contributed by atoms with E-state index in [1.165, 1.54) is 6.33 Å². The number of benzene rings is 1. The number of nitrogens with one attached hydrogen (secondary N) is 1. The number of hydrogen-bond acceptors (Lipinski definition) is 6. The molecule has 6 heteroatoms. The topological polar surface area (TPSA) is 73.3 Å². The maximum Gasteiger partial charge on any atom is 0.336 e. The van der Waals surface area contributed by atoms with Gasteiger partial charge in [-0.3, -0.25) is 0 Å². The van der Waals surface area contributed by atoms with Crippen LogP contribution in [0.3, 0.4) is 0 Å². The standard InChI is InChI=1S/C20H23N3O3/c1-5-25-20(24)15-13(4)23-18-17(16(15)14-9-7-6-8-10-14)19(22-11-21-18)26-12(2)3/h6-12,16H,5H2,1-4H3,(H,21,22,23). The monoisotopic (exact) mass is 353 g/mol. The summed E-state index contributed by atoms with van der Waals surface area (Å²) in [4.78, 5) is 21.4. The molecular formula is C20H23N3O3. The number of anilines is 1. The molecule has 0 amide bonds. The van der Waals surface area contributed by atoms with Crippen molar-refractivity contribution >= 4 is 11.8 Å². The van der Waals surface area contributed by atoms with E-state index in [9.17, 15) is 4.79 Å². The zero-order chi connectivity index (χ0) is 18.7. The van der Waals surface area contributed by atoms with Crippen molar-refractivity contribution in [3.63, 3.8) is 0 Å². The number of aromatic nitrogens is 2. The second kappa shape index (κ2) is 7.56. The molecule has 0 aliphatic carbocycles. The Hall–Kier alpha value is -2.89. The summed E-state index contributed by atoms with van der Waals surface area (Å²) >= 11 is 0. The minimum Gasteiger partial charge on any atom is -0.475 e. The van der Waals surface area contributed by atoms with Crippen LogP contribution >= 0.6 is 0 Å². The average Bonchev–Trinajstić information content (AvgIpc) is 2.61. The van der Waals surface area contributed by atoms with E-state index in [1.54, 1.807) is 6.92 Å². The molecule has 1 aromatic carbocycles. The zero-order valence-electron chi connectivity index (χ0n) is 15.4. The van der Waals surface area contributed by atoms with Crippen LogP contribution < -0.4 is 10.1 Å². The van der Waals surface area contributed by atoms with Crippen molar-refractivity contribution in [3.8, 4) is 5.88 Å². The summed E-state index contributed by atoms with van der Waals surface area (Å²) in [5.74, 6) is 0.411. The summed E-state index contributed by atoms with van der Waals surface area (Å²) in [6, 6.07) is 9.81. The Morgan fingerprint density at radius 3 is 2.62 bits per heavy atom. The first-order chi connectivity index (χ1) is 12.5. The van der Waals surface area contributed by atoms with Crippen LogP contribution in [0, 0.1) is 0 Å². The fourth-order valence-electron chi connectivity index (χ4n) is 3.12. The smallest absolute Gasteiger partial charge is 0.336 e. The molecule has 0 bridgehead atoms. The average molecular weight is 353 g/mol. The number of hydrogen-bond donors (Lipinski definition) is 1. The minimum absolute atomic E-state index is 0.0523. The summed E-state index contributed by atoms with van der Waals surface area (Å²) in [6.07, 6.45) is 1.41. The molecule has 1 atom stereocenters. The number of nitrogens with zero attached hydrogens (tertiary/aromatic N) is 2. The Morgan fingerprint density at radius 2 is 1.96 bits per heavy atom. The highest BCUT2D eigenvalue weighted by atomic mass is 16.5. The molecule has 2 aromatic rings. The van der Waals surface area contributed by atoms with E-state index < -0.39 is 0 Å². The van der Waals surface area contributed by atoms with Crippen molar-refractivity contribution in [1.82, 2.24) is 9.97 Å². The van der Waals surface area contributed by atoms with Gasteiger partial charge < -0.3 is 14.8 Å². The molecular weight excluding hydrogens is 330 g/mol. The predicted molar refractivity (Wildman–Crippen MR) is 99.0 cm³/mol. The molecule has 3 rings (SSSR count). The van der Waals surface area contributed by atoms with Gasteiger partial charge in [0.1, 0.15) is 12.1 Å². The van der Waals surface area contributed by atoms with Crippen molar-refractivity contribution in [2.75, 3.05) is 11.9 Å². The molecule has 0 spiro atoms. The van der Waals surface area contributed by atoms with Crippen LogP contribution in [0.1, 0.15) is 44.7 Å². The Balaban J connectivity index is 2.22. The van der Waals surface area contributed by atoms with E-state index >= 15 is 0 Å². The molecule has 1 unspecified atom stereocenters. The first kappa shape index (κ1) is 17.9. The fraction of sp³-hybridized carbons (Fsp3) is 0.350. The van der Waals surface area contributed by atoms with E-state index in [2.05, 4.69) is 15.3 Å². The van der Waals surface area contributed by atoms with Crippen LogP contribution in [0.15, 0.2) is 47.9 Å². The molecule has 0 fully saturated rings. The van der Waals surface area contributed by atoms with Crippen LogP contribution in [0.2, 0.25) is 0 Å². The number of allylic oxidation sites excluding steroid dienone is 1. The van der Waals surface area contributed by atoms with Crippen LogP contribution in [-0.4, -0.2) is 28.6 Å². The Morgan fingerprint density at radius 1 is 1.23 bits per heavy atom. The lowest BCUT2D eigenvalue weighted by Gasteiger charge is -2.30. The Kier molecular flexibility index (Phi) is 5.21. The van der Waals surface area contributed by atoms with Crippen LogP contribution in [-0.2, 0) is 9.53 Å². The van der Waals surface area contributed by atoms with Gasteiger partial charge in [-0.05, 0) is 33.3 Å². The molecule has 1 N–H and O–H groups in total. The lowest BCUT2D eigenvalue weighted by Crippen LogP contribution is -2.26. The first-order valence-corrected chi connectivity index (χ1v) is 8.74. The predicted octanol–water partition coefficient (Wildman–Crippen LogP) is 3.66. The summed E-state index contributed by atoms with van der Waals surface area (Å²) in [7, 11) is 0. The van der Waals surface area contributed by atoms with E-state index in [4.69, 9.17) is 9.47 Å². The summed E-state index contributed by atoms with van der Waals surface area (Å²) in [6.45, 7) is 7.85. The van der Waals surface area contributed by atoms with Gasteiger partial charge in [0, 0.05) is 5.70 Å². The van der Waals surface area contributed by atoms with Gasteiger partial charge in [-0.1, -0.05) is 30.3 Å². The largest absolute Gasteiger partial charge is 0.475 e. The van der Waals surface area contributed by atoms with Gasteiger partial charge in [0.25, 0.3) is 0 Å². The lowest BCUT2D eigenvalue weighted by molar-refractivity contribution is -0.138. The van der Waals surface area contributed by atoms with Gasteiger partial charge in [-0.15, -0.1) is 0 Å². The normalized spacial score (nSPS) is 16.1.